The van der Waals surface area contributed by atoms with Crippen molar-refractivity contribution in [3.63, 3.8) is 0 Å². The first-order valence-corrected chi connectivity index (χ1v) is 6.65. The van der Waals surface area contributed by atoms with Crippen LogP contribution in [0.25, 0.3) is 0 Å². The molecule has 1 aromatic rings. The van der Waals surface area contributed by atoms with Crippen molar-refractivity contribution in [1.82, 2.24) is 4.90 Å². The van der Waals surface area contributed by atoms with Crippen molar-refractivity contribution in [3.8, 4) is 0 Å². The summed E-state index contributed by atoms with van der Waals surface area (Å²) < 4.78 is 18.2. The first-order chi connectivity index (χ1) is 9.27. The Hall–Kier alpha value is -1.63. The number of nitrogens with zero attached hydrogens (tertiary/aromatic N) is 1. The SMILES string of the molecule is COC(=O)C(C)CN(C)C(=O)c1cc(N)c(F)cc1Br. The maximum Gasteiger partial charge on any atom is 0.310 e. The Kier molecular flexibility index (Phi) is 5.50. The van der Waals surface area contributed by atoms with Crippen LogP contribution in [-0.2, 0) is 9.53 Å². The van der Waals surface area contributed by atoms with Gasteiger partial charge in [0, 0.05) is 18.1 Å². The van der Waals surface area contributed by atoms with Gasteiger partial charge in [0.15, 0.2) is 0 Å². The van der Waals surface area contributed by atoms with E-state index in [9.17, 15) is 14.0 Å². The van der Waals surface area contributed by atoms with Crippen molar-refractivity contribution < 1.29 is 18.7 Å². The molecule has 1 atom stereocenters. The van der Waals surface area contributed by atoms with Gasteiger partial charge < -0.3 is 15.4 Å². The number of carbonyl (C=O) groups excluding carboxylic acids is 2. The number of methoxy groups -OCH3 is 1. The van der Waals surface area contributed by atoms with Crippen LogP contribution in [0.1, 0.15) is 17.3 Å². The number of benzene rings is 1. The first-order valence-electron chi connectivity index (χ1n) is 5.85. The summed E-state index contributed by atoms with van der Waals surface area (Å²) in [4.78, 5) is 24.9. The van der Waals surface area contributed by atoms with Gasteiger partial charge in [0.2, 0.25) is 0 Å². The largest absolute Gasteiger partial charge is 0.469 e. The van der Waals surface area contributed by atoms with Gasteiger partial charge in [-0.15, -0.1) is 0 Å². The summed E-state index contributed by atoms with van der Waals surface area (Å²) in [5.74, 6) is -1.81. The fraction of sp³-hybridized carbons (Fsp3) is 0.385. The summed E-state index contributed by atoms with van der Waals surface area (Å²) in [5, 5.41) is 0. The summed E-state index contributed by atoms with van der Waals surface area (Å²) >= 11 is 3.12. The molecule has 110 valence electrons. The van der Waals surface area contributed by atoms with Crippen LogP contribution in [0.5, 0.6) is 0 Å². The van der Waals surface area contributed by atoms with Crippen LogP contribution in [0.3, 0.4) is 0 Å². The van der Waals surface area contributed by atoms with Gasteiger partial charge >= 0.3 is 5.97 Å². The van der Waals surface area contributed by atoms with E-state index in [1.807, 2.05) is 0 Å². The highest BCUT2D eigenvalue weighted by Crippen LogP contribution is 2.24. The normalized spacial score (nSPS) is 11.8. The molecular weight excluding hydrogens is 331 g/mol. The maximum atomic E-state index is 13.2. The number of esters is 1. The highest BCUT2D eigenvalue weighted by Gasteiger charge is 2.21. The standard InChI is InChI=1S/C13H16BrFN2O3/c1-7(13(19)20-3)6-17(2)12(18)8-4-11(16)10(15)5-9(8)14/h4-5,7H,6,16H2,1-3H3. The second kappa shape index (κ2) is 6.69. The molecule has 2 N–H and O–H groups in total. The summed E-state index contributed by atoms with van der Waals surface area (Å²) in [6.07, 6.45) is 0. The number of nitrogen functional groups attached to an aromatic ring is 1. The fourth-order valence-electron chi connectivity index (χ4n) is 1.70. The quantitative estimate of drug-likeness (QED) is 0.668. The minimum absolute atomic E-state index is 0.106. The molecule has 1 amide bonds. The zero-order valence-corrected chi connectivity index (χ0v) is 13.0. The molecule has 0 heterocycles. The topological polar surface area (TPSA) is 72.6 Å². The molecule has 0 saturated heterocycles. The number of halogens is 2. The van der Waals surface area contributed by atoms with E-state index >= 15 is 0 Å². The number of rotatable bonds is 4. The van der Waals surface area contributed by atoms with Gasteiger partial charge in [-0.1, -0.05) is 6.92 Å². The van der Waals surface area contributed by atoms with Crippen molar-refractivity contribution >= 4 is 33.5 Å². The summed E-state index contributed by atoms with van der Waals surface area (Å²) in [5.41, 5.74) is 5.59. The Balaban J connectivity index is 2.90. The molecule has 0 spiro atoms. The van der Waals surface area contributed by atoms with E-state index in [2.05, 4.69) is 20.7 Å². The van der Waals surface area contributed by atoms with Gasteiger partial charge in [0.05, 0.1) is 24.3 Å². The molecule has 0 aliphatic rings. The number of nitrogens with two attached hydrogens (primary N) is 1. The molecule has 0 saturated carbocycles. The van der Waals surface area contributed by atoms with Crippen LogP contribution in [-0.4, -0.2) is 37.5 Å². The van der Waals surface area contributed by atoms with Crippen molar-refractivity contribution in [2.75, 3.05) is 26.4 Å². The average molecular weight is 347 g/mol. The zero-order chi connectivity index (χ0) is 15.4. The second-order valence-electron chi connectivity index (χ2n) is 4.46. The highest BCUT2D eigenvalue weighted by molar-refractivity contribution is 9.10. The fourth-order valence-corrected chi connectivity index (χ4v) is 2.19. The number of ether oxygens (including phenoxy) is 1. The van der Waals surface area contributed by atoms with Gasteiger partial charge in [-0.25, -0.2) is 4.39 Å². The van der Waals surface area contributed by atoms with Gasteiger partial charge in [-0.2, -0.15) is 0 Å². The molecule has 0 aliphatic carbocycles. The third kappa shape index (κ3) is 3.69. The van der Waals surface area contributed by atoms with E-state index in [1.54, 1.807) is 14.0 Å². The van der Waals surface area contributed by atoms with Gasteiger partial charge in [0.1, 0.15) is 5.82 Å². The van der Waals surface area contributed by atoms with Crippen LogP contribution in [0, 0.1) is 11.7 Å². The lowest BCUT2D eigenvalue weighted by atomic mass is 10.1. The summed E-state index contributed by atoms with van der Waals surface area (Å²) in [6, 6.07) is 2.40. The lowest BCUT2D eigenvalue weighted by molar-refractivity contribution is -0.145. The Labute approximate surface area is 125 Å². The minimum Gasteiger partial charge on any atom is -0.469 e. The average Bonchev–Trinajstić information content (AvgIpc) is 2.40. The maximum absolute atomic E-state index is 13.2. The predicted molar refractivity (Wildman–Crippen MR) is 76.7 cm³/mol. The molecule has 1 rings (SSSR count). The van der Waals surface area contributed by atoms with Gasteiger partial charge in [-0.05, 0) is 28.1 Å². The van der Waals surface area contributed by atoms with E-state index in [0.29, 0.717) is 4.47 Å². The Morgan fingerprint density at radius 3 is 2.65 bits per heavy atom. The molecule has 0 aliphatic heterocycles. The van der Waals surface area contributed by atoms with Crippen molar-refractivity contribution in [1.29, 1.82) is 0 Å². The Bertz CT molecular complexity index is 537. The Morgan fingerprint density at radius 1 is 1.50 bits per heavy atom. The third-order valence-electron chi connectivity index (χ3n) is 2.81. The van der Waals surface area contributed by atoms with Crippen molar-refractivity contribution in [2.24, 2.45) is 5.92 Å². The van der Waals surface area contributed by atoms with E-state index in [4.69, 9.17) is 5.73 Å². The molecule has 0 radical (unpaired) electrons. The molecule has 0 fully saturated rings. The van der Waals surface area contributed by atoms with Crippen LogP contribution >= 0.6 is 15.9 Å². The second-order valence-corrected chi connectivity index (χ2v) is 5.32. The van der Waals surface area contributed by atoms with E-state index in [-0.39, 0.29) is 23.7 Å². The molecular formula is C13H16BrFN2O3. The lowest BCUT2D eigenvalue weighted by Crippen LogP contribution is -2.34. The van der Waals surface area contributed by atoms with Crippen LogP contribution in [0.15, 0.2) is 16.6 Å². The molecule has 20 heavy (non-hydrogen) atoms. The van der Waals surface area contributed by atoms with Crippen LogP contribution in [0.4, 0.5) is 10.1 Å². The molecule has 7 heteroatoms. The highest BCUT2D eigenvalue weighted by atomic mass is 79.9. The number of amides is 1. The zero-order valence-electron chi connectivity index (χ0n) is 11.4. The molecule has 1 unspecified atom stereocenters. The molecule has 0 bridgehead atoms. The predicted octanol–water partition coefficient (Wildman–Crippen LogP) is 2.05. The van der Waals surface area contributed by atoms with Crippen LogP contribution < -0.4 is 5.73 Å². The smallest absolute Gasteiger partial charge is 0.310 e. The van der Waals surface area contributed by atoms with E-state index in [1.165, 1.54) is 18.1 Å². The lowest BCUT2D eigenvalue weighted by Gasteiger charge is -2.21. The van der Waals surface area contributed by atoms with Crippen molar-refractivity contribution in [2.45, 2.75) is 6.92 Å². The van der Waals surface area contributed by atoms with Crippen molar-refractivity contribution in [3.05, 3.63) is 28.0 Å². The number of anilines is 1. The third-order valence-corrected chi connectivity index (χ3v) is 3.47. The number of hydrogen-bond acceptors (Lipinski definition) is 4. The van der Waals surface area contributed by atoms with Crippen LogP contribution in [0.2, 0.25) is 0 Å². The van der Waals surface area contributed by atoms with Gasteiger partial charge in [0.25, 0.3) is 5.91 Å². The molecule has 0 aromatic heterocycles. The molecule has 5 nitrogen and oxygen atoms in total. The summed E-state index contributed by atoms with van der Waals surface area (Å²) in [7, 11) is 2.84. The molecule has 1 aromatic carbocycles. The first kappa shape index (κ1) is 16.4. The minimum atomic E-state index is -0.598. The van der Waals surface area contributed by atoms with E-state index in [0.717, 1.165) is 6.07 Å². The monoisotopic (exact) mass is 346 g/mol. The van der Waals surface area contributed by atoms with Gasteiger partial charge in [-0.3, -0.25) is 9.59 Å². The summed E-state index contributed by atoms with van der Waals surface area (Å²) in [6.45, 7) is 1.85. The number of hydrogen-bond donors (Lipinski definition) is 1. The van der Waals surface area contributed by atoms with E-state index < -0.39 is 17.7 Å². The Morgan fingerprint density at radius 2 is 2.10 bits per heavy atom. The number of carbonyl (C=O) groups is 2.